The fourth-order valence-corrected chi connectivity index (χ4v) is 1.83. The maximum Gasteiger partial charge on any atom is 0.133 e. The van der Waals surface area contributed by atoms with E-state index in [1.807, 2.05) is 6.26 Å². The second kappa shape index (κ2) is 3.16. The Morgan fingerprint density at radius 1 is 1.14 bits per heavy atom. The standard InChI is InChI=1S/C13H16O/c1-8-5-12(6-9(8)2)13-11(4)10(3)7-14-13/h5,7H,6H2,1-4H3. The lowest BCUT2D eigenvalue weighted by atomic mass is 10.1. The first-order chi connectivity index (χ1) is 6.59. The molecule has 1 aliphatic carbocycles. The van der Waals surface area contributed by atoms with Gasteiger partial charge in [0.2, 0.25) is 0 Å². The van der Waals surface area contributed by atoms with E-state index in [4.69, 9.17) is 4.42 Å². The Bertz CT molecular complexity index is 430. The van der Waals surface area contributed by atoms with Crippen molar-refractivity contribution in [3.8, 4) is 0 Å². The van der Waals surface area contributed by atoms with Crippen LogP contribution in [0.2, 0.25) is 0 Å². The molecule has 0 saturated heterocycles. The summed E-state index contributed by atoms with van der Waals surface area (Å²) in [5, 5.41) is 0. The molecule has 2 rings (SSSR count). The van der Waals surface area contributed by atoms with Gasteiger partial charge in [-0.05, 0) is 50.8 Å². The smallest absolute Gasteiger partial charge is 0.133 e. The van der Waals surface area contributed by atoms with Crippen molar-refractivity contribution >= 4 is 5.57 Å². The summed E-state index contributed by atoms with van der Waals surface area (Å²) in [6.07, 6.45) is 5.12. The average Bonchev–Trinajstić information content (AvgIpc) is 2.61. The van der Waals surface area contributed by atoms with Crippen molar-refractivity contribution in [3.63, 3.8) is 0 Å². The molecule has 1 aromatic heterocycles. The first-order valence-electron chi connectivity index (χ1n) is 5.01. The SMILES string of the molecule is CC1=C(C)CC(c2occ(C)c2C)=C1. The van der Waals surface area contributed by atoms with E-state index in [0.29, 0.717) is 0 Å². The molecule has 0 amide bonds. The highest BCUT2D eigenvalue weighted by atomic mass is 16.3. The summed E-state index contributed by atoms with van der Waals surface area (Å²) in [5.41, 5.74) is 6.68. The Kier molecular flexibility index (Phi) is 2.10. The van der Waals surface area contributed by atoms with Crippen molar-refractivity contribution < 1.29 is 4.42 Å². The van der Waals surface area contributed by atoms with E-state index >= 15 is 0 Å². The molecule has 0 fully saturated rings. The van der Waals surface area contributed by atoms with Gasteiger partial charge in [-0.3, -0.25) is 0 Å². The van der Waals surface area contributed by atoms with E-state index in [2.05, 4.69) is 33.8 Å². The zero-order valence-electron chi connectivity index (χ0n) is 9.27. The third-order valence-corrected chi connectivity index (χ3v) is 3.10. The number of hydrogen-bond donors (Lipinski definition) is 0. The molecule has 0 saturated carbocycles. The number of allylic oxidation sites excluding steroid dienone is 4. The zero-order chi connectivity index (χ0) is 10.3. The molecule has 0 atom stereocenters. The lowest BCUT2D eigenvalue weighted by Gasteiger charge is -1.99. The first-order valence-corrected chi connectivity index (χ1v) is 5.01. The molecule has 0 radical (unpaired) electrons. The highest BCUT2D eigenvalue weighted by molar-refractivity contribution is 5.73. The van der Waals surface area contributed by atoms with Crippen LogP contribution in [0.4, 0.5) is 0 Å². The highest BCUT2D eigenvalue weighted by Gasteiger charge is 2.16. The van der Waals surface area contributed by atoms with Crippen LogP contribution in [0, 0.1) is 13.8 Å². The van der Waals surface area contributed by atoms with Crippen molar-refractivity contribution in [1.29, 1.82) is 0 Å². The van der Waals surface area contributed by atoms with Gasteiger partial charge in [0.1, 0.15) is 5.76 Å². The van der Waals surface area contributed by atoms with E-state index in [9.17, 15) is 0 Å². The molecule has 14 heavy (non-hydrogen) atoms. The Morgan fingerprint density at radius 3 is 2.29 bits per heavy atom. The van der Waals surface area contributed by atoms with Crippen molar-refractivity contribution in [3.05, 3.63) is 40.4 Å². The van der Waals surface area contributed by atoms with Crippen LogP contribution in [0.15, 0.2) is 27.9 Å². The summed E-state index contributed by atoms with van der Waals surface area (Å²) in [6, 6.07) is 0. The largest absolute Gasteiger partial charge is 0.464 e. The Labute approximate surface area is 85.1 Å². The fourth-order valence-electron chi connectivity index (χ4n) is 1.83. The van der Waals surface area contributed by atoms with Crippen LogP contribution in [-0.4, -0.2) is 0 Å². The van der Waals surface area contributed by atoms with Crippen LogP contribution in [0.25, 0.3) is 5.57 Å². The molecule has 74 valence electrons. The molecule has 0 N–H and O–H groups in total. The quantitative estimate of drug-likeness (QED) is 0.648. The van der Waals surface area contributed by atoms with E-state index < -0.39 is 0 Å². The predicted octanol–water partition coefficient (Wildman–Crippen LogP) is 4.02. The van der Waals surface area contributed by atoms with Crippen LogP contribution in [-0.2, 0) is 0 Å². The average molecular weight is 188 g/mol. The first kappa shape index (κ1) is 9.32. The molecule has 0 spiro atoms. The molecule has 1 aliphatic rings. The van der Waals surface area contributed by atoms with Gasteiger partial charge in [-0.1, -0.05) is 17.2 Å². The Balaban J connectivity index is 2.37. The fraction of sp³-hybridized carbons (Fsp3) is 0.385. The molecule has 0 unspecified atom stereocenters. The van der Waals surface area contributed by atoms with Crippen molar-refractivity contribution in [2.45, 2.75) is 34.1 Å². The summed E-state index contributed by atoms with van der Waals surface area (Å²) in [5.74, 6) is 1.07. The molecule has 0 aliphatic heterocycles. The predicted molar refractivity (Wildman–Crippen MR) is 59.2 cm³/mol. The van der Waals surface area contributed by atoms with E-state index in [1.165, 1.54) is 27.8 Å². The number of aryl methyl sites for hydroxylation is 1. The molecule has 1 heterocycles. The molecular weight excluding hydrogens is 172 g/mol. The van der Waals surface area contributed by atoms with Gasteiger partial charge >= 0.3 is 0 Å². The normalized spacial score (nSPS) is 16.4. The van der Waals surface area contributed by atoms with Crippen molar-refractivity contribution in [2.75, 3.05) is 0 Å². The van der Waals surface area contributed by atoms with E-state index in [1.54, 1.807) is 0 Å². The molecule has 1 nitrogen and oxygen atoms in total. The third-order valence-electron chi connectivity index (χ3n) is 3.10. The summed E-state index contributed by atoms with van der Waals surface area (Å²) >= 11 is 0. The lowest BCUT2D eigenvalue weighted by Crippen LogP contribution is -1.83. The number of rotatable bonds is 1. The maximum atomic E-state index is 5.58. The summed E-state index contributed by atoms with van der Waals surface area (Å²) in [6.45, 7) is 8.56. The molecule has 0 aromatic carbocycles. The van der Waals surface area contributed by atoms with Gasteiger partial charge < -0.3 is 4.42 Å². The summed E-state index contributed by atoms with van der Waals surface area (Å²) < 4.78 is 5.58. The monoisotopic (exact) mass is 188 g/mol. The van der Waals surface area contributed by atoms with Gasteiger partial charge in [-0.15, -0.1) is 0 Å². The van der Waals surface area contributed by atoms with Crippen LogP contribution in [0.3, 0.4) is 0 Å². The molecular formula is C13H16O. The van der Waals surface area contributed by atoms with Gasteiger partial charge in [-0.2, -0.15) is 0 Å². The zero-order valence-corrected chi connectivity index (χ0v) is 9.27. The topological polar surface area (TPSA) is 13.1 Å². The summed E-state index contributed by atoms with van der Waals surface area (Å²) in [4.78, 5) is 0. The maximum absolute atomic E-state index is 5.58. The van der Waals surface area contributed by atoms with E-state index in [-0.39, 0.29) is 0 Å². The minimum Gasteiger partial charge on any atom is -0.464 e. The van der Waals surface area contributed by atoms with Crippen LogP contribution in [0.5, 0.6) is 0 Å². The minimum atomic E-state index is 1.04. The molecule has 1 aromatic rings. The van der Waals surface area contributed by atoms with Crippen LogP contribution in [0.1, 0.15) is 37.2 Å². The highest BCUT2D eigenvalue weighted by Crippen LogP contribution is 2.34. The molecule has 0 bridgehead atoms. The Hall–Kier alpha value is -1.24. The van der Waals surface area contributed by atoms with Gasteiger partial charge in [0.25, 0.3) is 0 Å². The van der Waals surface area contributed by atoms with Gasteiger partial charge in [-0.25, -0.2) is 0 Å². The second-order valence-corrected chi connectivity index (χ2v) is 4.18. The second-order valence-electron chi connectivity index (χ2n) is 4.18. The van der Waals surface area contributed by atoms with Crippen LogP contribution >= 0.6 is 0 Å². The number of furan rings is 1. The van der Waals surface area contributed by atoms with Gasteiger partial charge in [0, 0.05) is 0 Å². The number of hydrogen-bond acceptors (Lipinski definition) is 1. The summed E-state index contributed by atoms with van der Waals surface area (Å²) in [7, 11) is 0. The van der Waals surface area contributed by atoms with Crippen LogP contribution < -0.4 is 0 Å². The third kappa shape index (κ3) is 1.33. The van der Waals surface area contributed by atoms with Crippen molar-refractivity contribution in [1.82, 2.24) is 0 Å². The molecule has 1 heteroatoms. The van der Waals surface area contributed by atoms with E-state index in [0.717, 1.165) is 12.2 Å². The minimum absolute atomic E-state index is 1.04. The van der Waals surface area contributed by atoms with Gasteiger partial charge in [0.05, 0.1) is 6.26 Å². The van der Waals surface area contributed by atoms with Crippen molar-refractivity contribution in [2.24, 2.45) is 0 Å². The Morgan fingerprint density at radius 2 is 1.86 bits per heavy atom. The van der Waals surface area contributed by atoms with Gasteiger partial charge in [0.15, 0.2) is 0 Å². The lowest BCUT2D eigenvalue weighted by molar-refractivity contribution is 0.548.